The highest BCUT2D eigenvalue weighted by atomic mass is 14.9. The van der Waals surface area contributed by atoms with Crippen LogP contribution in [0.1, 0.15) is 34.0 Å². The highest BCUT2D eigenvalue weighted by molar-refractivity contribution is 5.33. The van der Waals surface area contributed by atoms with Crippen LogP contribution in [0.25, 0.3) is 0 Å². The normalized spacial score (nSPS) is 40.6. The zero-order valence-corrected chi connectivity index (χ0v) is 9.58. The van der Waals surface area contributed by atoms with Gasteiger partial charge in [0.05, 0.1) is 0 Å². The maximum atomic E-state index is 3.67. The van der Waals surface area contributed by atoms with Crippen molar-refractivity contribution in [3.05, 3.63) is 23.8 Å². The third-order valence-corrected chi connectivity index (χ3v) is 4.31. The van der Waals surface area contributed by atoms with Crippen molar-refractivity contribution in [1.82, 2.24) is 5.32 Å². The summed E-state index contributed by atoms with van der Waals surface area (Å²) in [6.07, 6.45) is 12.9. The van der Waals surface area contributed by atoms with Gasteiger partial charge in [-0.05, 0) is 49.1 Å². The molecule has 1 saturated carbocycles. The van der Waals surface area contributed by atoms with Crippen LogP contribution in [0, 0.1) is 17.8 Å². The van der Waals surface area contributed by atoms with Crippen molar-refractivity contribution < 1.29 is 1.43 Å². The van der Waals surface area contributed by atoms with E-state index in [0.717, 1.165) is 17.9 Å². The Morgan fingerprint density at radius 2 is 2.33 bits per heavy atom. The van der Waals surface area contributed by atoms with Gasteiger partial charge in [0.2, 0.25) is 0 Å². The summed E-state index contributed by atoms with van der Waals surface area (Å²) in [6, 6.07) is 0.727. The van der Waals surface area contributed by atoms with Crippen molar-refractivity contribution in [2.24, 2.45) is 17.8 Å². The predicted molar refractivity (Wildman–Crippen MR) is 65.7 cm³/mol. The van der Waals surface area contributed by atoms with Gasteiger partial charge >= 0.3 is 0 Å². The average molecular weight is 205 g/mol. The minimum absolute atomic E-state index is 0. The van der Waals surface area contributed by atoms with Gasteiger partial charge in [0, 0.05) is 7.47 Å². The van der Waals surface area contributed by atoms with Gasteiger partial charge in [-0.15, -0.1) is 0 Å². The number of fused-ring (bicyclic) bond motifs is 1. The van der Waals surface area contributed by atoms with Crippen LogP contribution in [0.5, 0.6) is 0 Å². The highest BCUT2D eigenvalue weighted by Gasteiger charge is 2.36. The largest absolute Gasteiger partial charge is 0.313 e. The maximum Gasteiger partial charge on any atom is 0.0133 e. The van der Waals surface area contributed by atoms with E-state index in [9.17, 15) is 0 Å². The predicted octanol–water partition coefficient (Wildman–Crippen LogP) is 3.14. The molecule has 2 aliphatic carbocycles. The molecule has 1 heteroatoms. The van der Waals surface area contributed by atoms with Crippen LogP contribution in [-0.2, 0) is 0 Å². The van der Waals surface area contributed by atoms with E-state index in [1.54, 1.807) is 5.57 Å². The van der Waals surface area contributed by atoms with E-state index >= 15 is 0 Å². The zero-order valence-electron chi connectivity index (χ0n) is 9.58. The van der Waals surface area contributed by atoms with E-state index in [0.29, 0.717) is 5.92 Å². The minimum Gasteiger partial charge on any atom is -0.313 e. The number of allylic oxidation sites excluding steroid dienone is 3. The van der Waals surface area contributed by atoms with Crippen LogP contribution in [0.3, 0.4) is 0 Å². The first-order valence-electron chi connectivity index (χ1n) is 6.48. The van der Waals surface area contributed by atoms with Crippen LogP contribution in [-0.4, -0.2) is 12.6 Å². The monoisotopic (exact) mass is 205 g/mol. The summed E-state index contributed by atoms with van der Waals surface area (Å²) in [5, 5.41) is 3.67. The van der Waals surface area contributed by atoms with Gasteiger partial charge in [-0.1, -0.05) is 31.6 Å². The summed E-state index contributed by atoms with van der Waals surface area (Å²) in [7, 11) is 0. The average Bonchev–Trinajstić information content (AvgIpc) is 3.07. The lowest BCUT2D eigenvalue weighted by atomic mass is 9.85. The molecule has 1 N–H and O–H groups in total. The molecule has 2 fully saturated rings. The molecule has 0 aromatic carbocycles. The topological polar surface area (TPSA) is 12.0 Å². The molecule has 4 atom stereocenters. The standard InChI is InChI=1S/C14H21N.H2/c1-10(14-4-2-3-7-15-14)11-5-6-12-9-13(12)8-11;/h5-6,8,10,12-15H,2-4,7,9H2,1H3;1H. The molecule has 0 bridgehead atoms. The molecule has 3 aliphatic rings. The number of hydrogen-bond donors (Lipinski definition) is 1. The zero-order chi connectivity index (χ0) is 10.3. The van der Waals surface area contributed by atoms with Crippen LogP contribution in [0.15, 0.2) is 23.8 Å². The molecule has 0 spiro atoms. The Labute approximate surface area is 94.1 Å². The van der Waals surface area contributed by atoms with E-state index in [-0.39, 0.29) is 1.43 Å². The Hall–Kier alpha value is -0.560. The molecule has 84 valence electrons. The fourth-order valence-electron chi connectivity index (χ4n) is 3.03. The Bertz CT molecular complexity index is 302. The Morgan fingerprint density at radius 1 is 1.40 bits per heavy atom. The Balaban J connectivity index is 0.000000963. The first kappa shape index (κ1) is 9.65. The van der Waals surface area contributed by atoms with Crippen LogP contribution in [0.2, 0.25) is 0 Å². The molecular weight excluding hydrogens is 182 g/mol. The molecule has 1 aliphatic heterocycles. The van der Waals surface area contributed by atoms with Crippen LogP contribution < -0.4 is 5.32 Å². The first-order valence-corrected chi connectivity index (χ1v) is 6.48. The summed E-state index contributed by atoms with van der Waals surface area (Å²) in [6.45, 7) is 3.61. The van der Waals surface area contributed by atoms with Gasteiger partial charge in [-0.3, -0.25) is 0 Å². The molecule has 4 unspecified atom stereocenters. The van der Waals surface area contributed by atoms with E-state index in [2.05, 4.69) is 30.5 Å². The molecule has 0 aromatic heterocycles. The molecule has 1 saturated heterocycles. The van der Waals surface area contributed by atoms with Crippen molar-refractivity contribution in [2.45, 2.75) is 38.6 Å². The molecule has 0 amide bonds. The molecule has 1 nitrogen and oxygen atoms in total. The molecule has 0 aromatic rings. The second-order valence-electron chi connectivity index (χ2n) is 5.43. The molecule has 0 radical (unpaired) electrons. The first-order chi connectivity index (χ1) is 7.34. The summed E-state index contributed by atoms with van der Waals surface area (Å²) >= 11 is 0. The van der Waals surface area contributed by atoms with Gasteiger partial charge in [-0.25, -0.2) is 0 Å². The van der Waals surface area contributed by atoms with Gasteiger partial charge in [0.1, 0.15) is 0 Å². The summed E-state index contributed by atoms with van der Waals surface area (Å²) in [4.78, 5) is 0. The number of piperidine rings is 1. The maximum absolute atomic E-state index is 3.67. The molecule has 1 heterocycles. The fourth-order valence-corrected chi connectivity index (χ4v) is 3.03. The van der Waals surface area contributed by atoms with Gasteiger partial charge in [0.15, 0.2) is 0 Å². The van der Waals surface area contributed by atoms with E-state index in [1.807, 2.05) is 0 Å². The van der Waals surface area contributed by atoms with E-state index < -0.39 is 0 Å². The lowest BCUT2D eigenvalue weighted by molar-refractivity contribution is 0.339. The fraction of sp³-hybridized carbons (Fsp3) is 0.714. The van der Waals surface area contributed by atoms with Crippen LogP contribution >= 0.6 is 0 Å². The molecular formula is C14H23N. The van der Waals surface area contributed by atoms with Gasteiger partial charge in [-0.2, -0.15) is 0 Å². The number of nitrogens with one attached hydrogen (secondary N) is 1. The smallest absolute Gasteiger partial charge is 0.0133 e. The minimum atomic E-state index is 0. The third-order valence-electron chi connectivity index (χ3n) is 4.31. The molecule has 3 rings (SSSR count). The second kappa shape index (κ2) is 3.79. The number of rotatable bonds is 2. The van der Waals surface area contributed by atoms with Gasteiger partial charge in [0.25, 0.3) is 0 Å². The van der Waals surface area contributed by atoms with Crippen molar-refractivity contribution >= 4 is 0 Å². The Kier molecular flexibility index (Phi) is 2.44. The van der Waals surface area contributed by atoms with Crippen molar-refractivity contribution in [3.63, 3.8) is 0 Å². The molecule has 15 heavy (non-hydrogen) atoms. The Morgan fingerprint density at radius 3 is 3.07 bits per heavy atom. The third kappa shape index (κ3) is 1.90. The lowest BCUT2D eigenvalue weighted by Crippen LogP contribution is -2.39. The van der Waals surface area contributed by atoms with Crippen molar-refractivity contribution in [1.29, 1.82) is 0 Å². The SMILES string of the molecule is CC(C1=CC2CC2C=C1)C1CCCCN1.[HH]. The van der Waals surface area contributed by atoms with Crippen LogP contribution in [0.4, 0.5) is 0 Å². The second-order valence-corrected chi connectivity index (χ2v) is 5.43. The summed E-state index contributed by atoms with van der Waals surface area (Å²) in [5.74, 6) is 2.51. The van der Waals surface area contributed by atoms with Gasteiger partial charge < -0.3 is 5.32 Å². The van der Waals surface area contributed by atoms with E-state index in [1.165, 1.54) is 32.2 Å². The number of hydrogen-bond acceptors (Lipinski definition) is 1. The highest BCUT2D eigenvalue weighted by Crippen LogP contribution is 2.45. The van der Waals surface area contributed by atoms with Crippen molar-refractivity contribution in [2.75, 3.05) is 6.54 Å². The summed E-state index contributed by atoms with van der Waals surface area (Å²) in [5.41, 5.74) is 1.59. The summed E-state index contributed by atoms with van der Waals surface area (Å²) < 4.78 is 0. The lowest BCUT2D eigenvalue weighted by Gasteiger charge is -2.30. The van der Waals surface area contributed by atoms with E-state index in [4.69, 9.17) is 0 Å². The quantitative estimate of drug-likeness (QED) is 0.730. The van der Waals surface area contributed by atoms with Crippen molar-refractivity contribution in [3.8, 4) is 0 Å².